The molecule has 0 aliphatic carbocycles. The maximum absolute atomic E-state index is 6.84. The molecule has 4 bridgehead atoms. The number of nitrogens with zero attached hydrogens (tertiary/aromatic N) is 2. The predicted octanol–water partition coefficient (Wildman–Crippen LogP) is 5.24. The number of hydrogen-bond donors (Lipinski definition) is 0. The molecule has 3 heterocycles. The second kappa shape index (κ2) is 6.41. The van der Waals surface area contributed by atoms with Crippen molar-refractivity contribution in [2.24, 2.45) is 0 Å². The molecule has 0 unspecified atom stereocenters. The van der Waals surface area contributed by atoms with Crippen LogP contribution in [-0.4, -0.2) is 27.1 Å². The quantitative estimate of drug-likeness (QED) is 0.418. The maximum atomic E-state index is 6.84. The largest absolute Gasteiger partial charge is 0.715 e. The van der Waals surface area contributed by atoms with Gasteiger partial charge in [-0.25, -0.2) is 0 Å². The molecule has 4 nitrogen and oxygen atoms in total. The predicted molar refractivity (Wildman–Crippen MR) is 123 cm³/mol. The molecule has 0 saturated carbocycles. The Bertz CT molecular complexity index is 1440. The highest BCUT2D eigenvalue weighted by molar-refractivity contribution is 6.02. The third-order valence-electron chi connectivity index (χ3n) is 6.31. The first-order valence-corrected chi connectivity index (χ1v) is 10.8. The van der Waals surface area contributed by atoms with Gasteiger partial charge in [0.1, 0.15) is 0 Å². The molecule has 32 heavy (non-hydrogen) atoms. The van der Waals surface area contributed by atoms with Gasteiger partial charge < -0.3 is 9.47 Å². The summed E-state index contributed by atoms with van der Waals surface area (Å²) in [5, 5.41) is 0. The Morgan fingerprint density at radius 3 is 2.16 bits per heavy atom. The average Bonchev–Trinajstić information content (AvgIpc) is 2.84. The van der Waals surface area contributed by atoms with Gasteiger partial charge in [0.2, 0.25) is 17.1 Å². The molecule has 0 fully saturated rings. The van der Waals surface area contributed by atoms with Gasteiger partial charge in [0.15, 0.2) is 17.7 Å². The van der Waals surface area contributed by atoms with Crippen LogP contribution < -0.4 is 9.47 Å². The molecule has 0 saturated heterocycles. The molecule has 4 aromatic rings. The minimum atomic E-state index is -1.22. The lowest BCUT2D eigenvalue weighted by Gasteiger charge is -2.34. The van der Waals surface area contributed by atoms with Crippen LogP contribution in [0.4, 0.5) is 11.4 Å². The second-order valence-electron chi connectivity index (χ2n) is 8.25. The summed E-state index contributed by atoms with van der Waals surface area (Å²) in [6, 6.07) is 34.1. The van der Waals surface area contributed by atoms with Gasteiger partial charge in [-0.1, -0.05) is 59.2 Å². The van der Waals surface area contributed by atoms with Crippen molar-refractivity contribution >= 4 is 23.3 Å². The van der Waals surface area contributed by atoms with Crippen molar-refractivity contribution in [3.63, 3.8) is 0 Å². The molecule has 1 atom stereocenters. The summed E-state index contributed by atoms with van der Waals surface area (Å²) in [7, 11) is 0. The molecular formula is C28H20N2O2+2. The average molecular weight is 416 g/mol. The Labute approximate surface area is 185 Å². The molecule has 4 heteroatoms. The van der Waals surface area contributed by atoms with Crippen LogP contribution in [0, 0.1) is 0 Å². The summed E-state index contributed by atoms with van der Waals surface area (Å²) in [5.74, 6) is 1.65. The van der Waals surface area contributed by atoms with Crippen LogP contribution >= 0.6 is 0 Å². The fourth-order valence-corrected chi connectivity index (χ4v) is 4.88. The second-order valence-corrected chi connectivity index (χ2v) is 8.25. The molecule has 1 spiro atoms. The van der Waals surface area contributed by atoms with Gasteiger partial charge in [-0.05, 0) is 34.4 Å². The Hall–Kier alpha value is -4.18. The van der Waals surface area contributed by atoms with Crippen molar-refractivity contribution < 1.29 is 18.6 Å². The number of rotatable bonds is 2. The van der Waals surface area contributed by atoms with E-state index in [4.69, 9.17) is 9.47 Å². The van der Waals surface area contributed by atoms with Crippen LogP contribution in [-0.2, 0) is 6.42 Å². The number of hydrogen-bond acceptors (Lipinski definition) is 2. The molecule has 0 radical (unpaired) electrons. The van der Waals surface area contributed by atoms with E-state index in [9.17, 15) is 0 Å². The van der Waals surface area contributed by atoms with Gasteiger partial charge in [-0.15, -0.1) is 0 Å². The number of para-hydroxylation sites is 3. The van der Waals surface area contributed by atoms with Crippen LogP contribution in [0.3, 0.4) is 0 Å². The van der Waals surface area contributed by atoms with Gasteiger partial charge in [0.25, 0.3) is 0 Å². The van der Waals surface area contributed by atoms with E-state index in [2.05, 4.69) is 82.1 Å². The van der Waals surface area contributed by atoms with E-state index in [-0.39, 0.29) is 0 Å². The van der Waals surface area contributed by atoms with E-state index in [1.807, 2.05) is 36.4 Å². The molecule has 0 amide bonds. The Morgan fingerprint density at radius 2 is 1.34 bits per heavy atom. The van der Waals surface area contributed by atoms with Crippen molar-refractivity contribution in [3.8, 4) is 11.5 Å². The molecule has 7 rings (SSSR count). The van der Waals surface area contributed by atoms with Crippen LogP contribution in [0.5, 0.6) is 11.5 Å². The highest BCUT2D eigenvalue weighted by Crippen LogP contribution is 2.43. The zero-order valence-corrected chi connectivity index (χ0v) is 17.3. The van der Waals surface area contributed by atoms with Gasteiger partial charge in [-0.3, -0.25) is 0 Å². The monoisotopic (exact) mass is 416 g/mol. The van der Waals surface area contributed by atoms with Crippen molar-refractivity contribution in [1.29, 1.82) is 0 Å². The van der Waals surface area contributed by atoms with Crippen molar-refractivity contribution in [1.82, 2.24) is 0 Å². The standard InChI is InChI=1S/C28H20N2O2/c1-3-9-22(10-4-1)29-19-21-16-15-20-17-25-24-13-7-8-14-26(24)31-28(29,32-27(21)18-20)30(25)23-11-5-2-6-12-23/h1-16,18-19H,17H2/q+2/t28-/m0/s1. The highest BCUT2D eigenvalue weighted by atomic mass is 16.7. The van der Waals surface area contributed by atoms with Crippen molar-refractivity contribution in [2.45, 2.75) is 12.5 Å². The van der Waals surface area contributed by atoms with Crippen LogP contribution in [0.2, 0.25) is 0 Å². The Morgan fingerprint density at radius 1 is 0.656 bits per heavy atom. The summed E-state index contributed by atoms with van der Waals surface area (Å²) < 4.78 is 18.0. The van der Waals surface area contributed by atoms with Crippen LogP contribution in [0.15, 0.2) is 103 Å². The lowest BCUT2D eigenvalue weighted by molar-refractivity contribution is -0.857. The Kier molecular flexibility index (Phi) is 3.50. The number of ether oxygens (including phenoxy) is 2. The lowest BCUT2D eigenvalue weighted by Crippen LogP contribution is -2.63. The molecule has 0 N–H and O–H groups in total. The zero-order valence-electron chi connectivity index (χ0n) is 17.3. The van der Waals surface area contributed by atoms with Gasteiger partial charge in [0.05, 0.1) is 17.5 Å². The van der Waals surface area contributed by atoms with Crippen LogP contribution in [0.25, 0.3) is 0 Å². The fraction of sp³-hybridized carbons (Fsp3) is 0.0714. The van der Waals surface area contributed by atoms with E-state index in [1.54, 1.807) is 0 Å². The smallest absolute Gasteiger partial charge is 0.340 e. The minimum Gasteiger partial charge on any atom is -0.340 e. The molecule has 4 aromatic carbocycles. The van der Waals surface area contributed by atoms with E-state index in [0.29, 0.717) is 0 Å². The summed E-state index contributed by atoms with van der Waals surface area (Å²) >= 11 is 0. The summed E-state index contributed by atoms with van der Waals surface area (Å²) in [6.45, 7) is 0. The maximum Gasteiger partial charge on any atom is 0.715 e. The molecule has 152 valence electrons. The van der Waals surface area contributed by atoms with Gasteiger partial charge in [0, 0.05) is 24.3 Å². The van der Waals surface area contributed by atoms with Gasteiger partial charge in [-0.2, -0.15) is 0 Å². The van der Waals surface area contributed by atoms with Crippen LogP contribution in [0.1, 0.15) is 16.7 Å². The highest BCUT2D eigenvalue weighted by Gasteiger charge is 2.68. The summed E-state index contributed by atoms with van der Waals surface area (Å²) in [5.41, 5.74) is 6.47. The first kappa shape index (κ1) is 17.5. The molecular weight excluding hydrogens is 396 g/mol. The van der Waals surface area contributed by atoms with Crippen molar-refractivity contribution in [2.75, 3.05) is 0 Å². The first-order chi connectivity index (χ1) is 15.8. The third-order valence-corrected chi connectivity index (χ3v) is 6.31. The minimum absolute atomic E-state index is 0.774. The lowest BCUT2D eigenvalue weighted by atomic mass is 9.96. The SMILES string of the molecule is C1=[N+](c2ccccc2)[C@]23Oc4cc(ccc41)CC(=[N+]2c1ccccc1)c1ccccc1O3. The van der Waals surface area contributed by atoms with E-state index in [1.165, 1.54) is 5.56 Å². The molecule has 3 aliphatic rings. The van der Waals surface area contributed by atoms with E-state index >= 15 is 0 Å². The zero-order chi connectivity index (χ0) is 21.1. The number of fused-ring (bicyclic) bond motifs is 3. The summed E-state index contributed by atoms with van der Waals surface area (Å²) in [4.78, 5) is 0. The Balaban J connectivity index is 1.64. The fourth-order valence-electron chi connectivity index (χ4n) is 4.88. The van der Waals surface area contributed by atoms with E-state index in [0.717, 1.165) is 46.1 Å². The van der Waals surface area contributed by atoms with Gasteiger partial charge >= 0.3 is 6.03 Å². The normalized spacial score (nSPS) is 19.8. The topological polar surface area (TPSA) is 24.5 Å². The van der Waals surface area contributed by atoms with E-state index < -0.39 is 6.03 Å². The third kappa shape index (κ3) is 2.38. The van der Waals surface area contributed by atoms with Crippen molar-refractivity contribution in [3.05, 3.63) is 120 Å². The number of benzene rings is 4. The molecule has 3 aliphatic heterocycles. The first-order valence-electron chi connectivity index (χ1n) is 10.8. The molecule has 0 aromatic heterocycles. The summed E-state index contributed by atoms with van der Waals surface area (Å²) in [6.07, 6.45) is 2.90.